The third-order valence-electron chi connectivity index (χ3n) is 8.45. The highest BCUT2D eigenvalue weighted by Crippen LogP contribution is 2.62. The predicted molar refractivity (Wildman–Crippen MR) is 145 cm³/mol. The van der Waals surface area contributed by atoms with Crippen LogP contribution in [0.25, 0.3) is 0 Å². The molecule has 0 radical (unpaired) electrons. The van der Waals surface area contributed by atoms with Crippen molar-refractivity contribution in [2.45, 2.75) is 64.2 Å². The Labute approximate surface area is 218 Å². The molecule has 1 fully saturated rings. The van der Waals surface area contributed by atoms with Gasteiger partial charge in [-0.3, -0.25) is 9.59 Å². The van der Waals surface area contributed by atoms with Crippen LogP contribution in [0.5, 0.6) is 0 Å². The molecule has 3 aromatic carbocycles. The van der Waals surface area contributed by atoms with E-state index in [-0.39, 0.29) is 34.5 Å². The molecule has 1 saturated heterocycles. The predicted octanol–water partition coefficient (Wildman–Crippen LogP) is 7.33. The summed E-state index contributed by atoms with van der Waals surface area (Å²) in [6, 6.07) is 20.5. The van der Waals surface area contributed by atoms with Crippen LogP contribution < -0.4 is 4.90 Å². The topological polar surface area (TPSA) is 37.4 Å². The summed E-state index contributed by atoms with van der Waals surface area (Å²) >= 11 is 6.11. The first-order valence-corrected chi connectivity index (χ1v) is 13.2. The lowest BCUT2D eigenvalue weighted by atomic mass is 9.54. The molecular weight excluding hydrogens is 466 g/mol. The quantitative estimate of drug-likeness (QED) is 0.330. The number of benzene rings is 3. The fraction of sp³-hybridized carbons (Fsp3) is 0.375. The van der Waals surface area contributed by atoms with Gasteiger partial charge in [-0.25, -0.2) is 4.90 Å². The fourth-order valence-electron chi connectivity index (χ4n) is 6.55. The zero-order valence-electron chi connectivity index (χ0n) is 21.7. The van der Waals surface area contributed by atoms with Crippen LogP contribution in [0.15, 0.2) is 60.7 Å². The van der Waals surface area contributed by atoms with Crippen molar-refractivity contribution >= 4 is 29.1 Å². The van der Waals surface area contributed by atoms with Gasteiger partial charge >= 0.3 is 0 Å². The van der Waals surface area contributed by atoms with Crippen molar-refractivity contribution in [3.63, 3.8) is 0 Å². The first kappa shape index (κ1) is 23.5. The Morgan fingerprint density at radius 2 is 1.03 bits per heavy atom. The number of halogens is 1. The van der Waals surface area contributed by atoms with Crippen molar-refractivity contribution in [2.24, 2.45) is 11.8 Å². The van der Waals surface area contributed by atoms with E-state index in [2.05, 4.69) is 77.9 Å². The minimum absolute atomic E-state index is 0.00507. The lowest BCUT2D eigenvalue weighted by molar-refractivity contribution is -0.122. The number of carbonyl (C=O) groups is 2. The number of hydrogen-bond acceptors (Lipinski definition) is 2. The normalized spacial score (nSPS) is 24.6. The van der Waals surface area contributed by atoms with Gasteiger partial charge < -0.3 is 0 Å². The highest BCUT2D eigenvalue weighted by Gasteiger charge is 2.62. The number of imide groups is 1. The zero-order chi connectivity index (χ0) is 25.7. The highest BCUT2D eigenvalue weighted by molar-refractivity contribution is 6.31. The van der Waals surface area contributed by atoms with Gasteiger partial charge in [-0.1, -0.05) is 89.5 Å². The smallest absolute Gasteiger partial charge is 0.238 e. The summed E-state index contributed by atoms with van der Waals surface area (Å²) in [5, 5.41) is 0.583. The number of carbonyl (C=O) groups excluding carboxylic acids is 2. The average Bonchev–Trinajstić information content (AvgIpc) is 3.08. The molecule has 4 atom stereocenters. The highest BCUT2D eigenvalue weighted by atomic mass is 35.5. The summed E-state index contributed by atoms with van der Waals surface area (Å²) in [7, 11) is 0. The van der Waals surface area contributed by atoms with E-state index in [1.165, 1.54) is 38.3 Å². The third kappa shape index (κ3) is 3.25. The molecule has 36 heavy (non-hydrogen) atoms. The van der Waals surface area contributed by atoms with E-state index in [4.69, 9.17) is 11.6 Å². The standard InChI is InChI=1S/C32H32ClNO2/c1-31(2,3)17-7-13-21-23(15-17)25-22-14-8-18(32(4,5)6)16-24(22)26(21)28-27(25)29(35)34(30(28)36)20-11-9-19(33)10-12-20/h7-16,25-28H,1-6H3/t25-,26-,27-,28-/m1/s1. The van der Waals surface area contributed by atoms with Crippen LogP contribution in [0.1, 0.15) is 86.8 Å². The van der Waals surface area contributed by atoms with E-state index in [0.29, 0.717) is 10.7 Å². The molecule has 0 aromatic heterocycles. The lowest BCUT2D eigenvalue weighted by Gasteiger charge is -2.47. The molecule has 1 aliphatic heterocycles. The molecule has 0 saturated carbocycles. The second kappa shape index (κ2) is 7.55. The van der Waals surface area contributed by atoms with Gasteiger partial charge in [-0.2, -0.15) is 0 Å². The summed E-state index contributed by atoms with van der Waals surface area (Å²) in [5.41, 5.74) is 7.92. The van der Waals surface area contributed by atoms with Crippen LogP contribution in [0.2, 0.25) is 5.02 Å². The molecule has 0 N–H and O–H groups in total. The fourth-order valence-corrected chi connectivity index (χ4v) is 6.68. The first-order valence-electron chi connectivity index (χ1n) is 12.8. The Hall–Kier alpha value is -2.91. The second-order valence-corrected chi connectivity index (χ2v) is 13.1. The van der Waals surface area contributed by atoms with Crippen LogP contribution in [0.3, 0.4) is 0 Å². The van der Waals surface area contributed by atoms with E-state index < -0.39 is 11.8 Å². The number of anilines is 1. The van der Waals surface area contributed by atoms with Gasteiger partial charge in [0.25, 0.3) is 0 Å². The van der Waals surface area contributed by atoms with Crippen molar-refractivity contribution in [2.75, 3.05) is 4.90 Å². The van der Waals surface area contributed by atoms with E-state index in [9.17, 15) is 9.59 Å². The molecule has 7 rings (SSSR count). The van der Waals surface area contributed by atoms with Crippen LogP contribution in [0, 0.1) is 11.8 Å². The summed E-state index contributed by atoms with van der Waals surface area (Å²) in [6.07, 6.45) is 0. The lowest BCUT2D eigenvalue weighted by Crippen LogP contribution is -2.42. The third-order valence-corrected chi connectivity index (χ3v) is 8.70. The van der Waals surface area contributed by atoms with E-state index >= 15 is 0 Å². The van der Waals surface area contributed by atoms with E-state index in [0.717, 1.165) is 0 Å². The first-order chi connectivity index (χ1) is 16.9. The summed E-state index contributed by atoms with van der Waals surface area (Å²) in [6.45, 7) is 13.3. The van der Waals surface area contributed by atoms with Crippen molar-refractivity contribution in [1.29, 1.82) is 0 Å². The number of amides is 2. The number of nitrogens with zero attached hydrogens (tertiary/aromatic N) is 1. The van der Waals surface area contributed by atoms with Crippen LogP contribution in [-0.4, -0.2) is 11.8 Å². The van der Waals surface area contributed by atoms with Crippen molar-refractivity contribution in [3.8, 4) is 0 Å². The Kier molecular flexibility index (Phi) is 4.93. The zero-order valence-corrected chi connectivity index (χ0v) is 22.5. The molecule has 1 heterocycles. The maximum Gasteiger partial charge on any atom is 0.238 e. The maximum atomic E-state index is 14.0. The van der Waals surface area contributed by atoms with Crippen LogP contribution >= 0.6 is 11.6 Å². The summed E-state index contributed by atoms with van der Waals surface area (Å²) < 4.78 is 0. The molecule has 4 heteroatoms. The van der Waals surface area contributed by atoms with E-state index in [1.54, 1.807) is 24.3 Å². The summed E-state index contributed by atoms with van der Waals surface area (Å²) in [5.74, 6) is -1.24. The molecule has 0 spiro atoms. The Bertz CT molecular complexity index is 1340. The van der Waals surface area contributed by atoms with Crippen molar-refractivity contribution in [3.05, 3.63) is 99.1 Å². The van der Waals surface area contributed by atoms with E-state index in [1.807, 2.05) is 0 Å². The molecule has 2 bridgehead atoms. The van der Waals surface area contributed by atoms with Gasteiger partial charge in [0, 0.05) is 16.9 Å². The van der Waals surface area contributed by atoms with Crippen molar-refractivity contribution in [1.82, 2.24) is 0 Å². The van der Waals surface area contributed by atoms with Crippen molar-refractivity contribution < 1.29 is 9.59 Å². The van der Waals surface area contributed by atoms with Gasteiger partial charge in [0.15, 0.2) is 0 Å². The molecule has 184 valence electrons. The molecule has 0 unspecified atom stereocenters. The Morgan fingerprint density at radius 1 is 0.611 bits per heavy atom. The maximum absolute atomic E-state index is 14.0. The molecule has 3 aromatic rings. The van der Waals surface area contributed by atoms with Gasteiger partial charge in [-0.05, 0) is 68.5 Å². The van der Waals surface area contributed by atoms with Crippen LogP contribution in [-0.2, 0) is 20.4 Å². The molecule has 3 aliphatic carbocycles. The van der Waals surface area contributed by atoms with Gasteiger partial charge in [0.05, 0.1) is 17.5 Å². The van der Waals surface area contributed by atoms with Gasteiger partial charge in [0.2, 0.25) is 11.8 Å². The second-order valence-electron chi connectivity index (χ2n) is 12.7. The largest absolute Gasteiger partial charge is 0.274 e. The Morgan fingerprint density at radius 3 is 1.42 bits per heavy atom. The van der Waals surface area contributed by atoms with Gasteiger partial charge in [0.1, 0.15) is 0 Å². The molecule has 4 aliphatic rings. The number of hydrogen-bond donors (Lipinski definition) is 0. The van der Waals surface area contributed by atoms with Gasteiger partial charge in [-0.15, -0.1) is 0 Å². The number of rotatable bonds is 1. The molecule has 2 amide bonds. The Balaban J connectivity index is 1.57. The monoisotopic (exact) mass is 497 g/mol. The molecular formula is C32H32ClNO2. The van der Waals surface area contributed by atoms with Crippen LogP contribution in [0.4, 0.5) is 5.69 Å². The average molecular weight is 498 g/mol. The molecule has 3 nitrogen and oxygen atoms in total. The minimum atomic E-state index is -0.395. The summed E-state index contributed by atoms with van der Waals surface area (Å²) in [4.78, 5) is 29.5. The minimum Gasteiger partial charge on any atom is -0.274 e. The SMILES string of the molecule is CC(C)(C)c1ccc2c(c1)[C@H]1c3ccc(C(C)(C)C)cc3[C@@H]2[C@H]2C(=O)N(c3ccc(Cl)cc3)C(=O)[C@H]12.